The van der Waals surface area contributed by atoms with Crippen molar-refractivity contribution in [3.8, 4) is 0 Å². The number of halogens is 12. The number of ether oxygens (including phenoxy) is 4. The molecular formula is C39H36F12O8S2. The van der Waals surface area contributed by atoms with Crippen LogP contribution in [0.3, 0.4) is 0 Å². The Morgan fingerprint density at radius 1 is 0.590 bits per heavy atom. The second-order valence-electron chi connectivity index (χ2n) is 15.1. The molecule has 2 aromatic heterocycles. The minimum atomic E-state index is -4.96. The van der Waals surface area contributed by atoms with E-state index in [1.807, 2.05) is 0 Å². The minimum absolute atomic E-state index is 0.0286. The number of rotatable bonds is 8. The number of carbonyl (C=O) groups excluding carboxylic acids is 4. The number of hydrogen-bond acceptors (Lipinski definition) is 10. The molecule has 1 aromatic carbocycles. The van der Waals surface area contributed by atoms with E-state index in [-0.39, 0.29) is 23.1 Å². The molecule has 22 heteroatoms. The van der Waals surface area contributed by atoms with Gasteiger partial charge in [0.2, 0.25) is 0 Å². The van der Waals surface area contributed by atoms with Crippen molar-refractivity contribution >= 4 is 78.2 Å². The van der Waals surface area contributed by atoms with Gasteiger partial charge < -0.3 is 18.9 Å². The molecule has 2 aliphatic carbocycles. The smallest absolute Gasteiger partial charge is 0.399 e. The first-order chi connectivity index (χ1) is 27.9. The van der Waals surface area contributed by atoms with E-state index in [9.17, 15) is 71.9 Å². The Hall–Kier alpha value is -4.34. The zero-order valence-electron chi connectivity index (χ0n) is 32.3. The molecule has 0 N–H and O–H groups in total. The van der Waals surface area contributed by atoms with Crippen molar-refractivity contribution in [2.45, 2.75) is 109 Å². The topological polar surface area (TPSA) is 105 Å². The average molecular weight is 925 g/mol. The zero-order chi connectivity index (χ0) is 45.7. The molecule has 5 rings (SSSR count). The van der Waals surface area contributed by atoms with Crippen molar-refractivity contribution in [3.05, 3.63) is 45.2 Å². The lowest BCUT2D eigenvalue weighted by molar-refractivity contribution is -0.187. The molecular weight excluding hydrogens is 889 g/mol. The normalized spacial score (nSPS) is 26.3. The highest BCUT2D eigenvalue weighted by molar-refractivity contribution is 7.32. The average Bonchev–Trinajstić information content (AvgIpc) is 3.59. The number of benzene rings is 1. The van der Waals surface area contributed by atoms with Gasteiger partial charge in [-0.2, -0.15) is 52.7 Å². The molecule has 61 heavy (non-hydrogen) atoms. The van der Waals surface area contributed by atoms with Crippen molar-refractivity contribution < 1.29 is 90.8 Å². The Morgan fingerprint density at radius 2 is 1.00 bits per heavy atom. The summed E-state index contributed by atoms with van der Waals surface area (Å²) in [6.45, 7) is 9.71. The SMILES string of the molecule is C=C1/C=c2/sc3c(sc4cc5c(cc43)C(OC(=O)CC(F)(F)F)C(C)C(C)C5OC(=O)CC(F)(F)F)/c2=C/CC(OC(=O)CC(F)(F)F)C(C)C(C)C1OC(=O)CC(F)(F)F. The monoisotopic (exact) mass is 924 g/mol. The molecule has 0 saturated carbocycles. The fourth-order valence-electron chi connectivity index (χ4n) is 7.37. The first-order valence-corrected chi connectivity index (χ1v) is 20.0. The molecule has 0 amide bonds. The molecule has 0 radical (unpaired) electrons. The molecule has 8 unspecified atom stereocenters. The van der Waals surface area contributed by atoms with E-state index < -0.39 is 122 Å². The van der Waals surface area contributed by atoms with E-state index in [0.29, 0.717) is 29.2 Å². The minimum Gasteiger partial charge on any atom is -0.461 e. The fraction of sp³-hybridized carbons (Fsp3) is 0.538. The van der Waals surface area contributed by atoms with Crippen LogP contribution in [0, 0.1) is 23.7 Å². The Morgan fingerprint density at radius 3 is 1.46 bits per heavy atom. The lowest BCUT2D eigenvalue weighted by Gasteiger charge is -2.40. The van der Waals surface area contributed by atoms with Crippen LogP contribution in [0.15, 0.2) is 24.3 Å². The predicted molar refractivity (Wildman–Crippen MR) is 196 cm³/mol. The molecule has 0 spiro atoms. The third-order valence-electron chi connectivity index (χ3n) is 10.5. The Labute approximate surface area is 346 Å². The zero-order valence-corrected chi connectivity index (χ0v) is 33.9. The maximum Gasteiger partial charge on any atom is 0.399 e. The van der Waals surface area contributed by atoms with Crippen LogP contribution in [-0.2, 0) is 38.1 Å². The number of thiophene rings is 2. The highest BCUT2D eigenvalue weighted by atomic mass is 32.1. The van der Waals surface area contributed by atoms with Gasteiger partial charge in [-0.1, -0.05) is 40.3 Å². The fourth-order valence-corrected chi connectivity index (χ4v) is 10.1. The summed E-state index contributed by atoms with van der Waals surface area (Å²) < 4.78 is 181. The van der Waals surface area contributed by atoms with Crippen molar-refractivity contribution in [1.29, 1.82) is 0 Å². The van der Waals surface area contributed by atoms with Crippen molar-refractivity contribution in [3.63, 3.8) is 0 Å². The van der Waals surface area contributed by atoms with Crippen molar-refractivity contribution in [2.24, 2.45) is 23.7 Å². The molecule has 2 aliphatic rings. The lowest BCUT2D eigenvalue weighted by atomic mass is 9.73. The van der Waals surface area contributed by atoms with Gasteiger partial charge in [-0.15, -0.1) is 22.7 Å². The summed E-state index contributed by atoms with van der Waals surface area (Å²) in [5, 5.41) is 0.739. The molecule has 0 fully saturated rings. The first-order valence-electron chi connectivity index (χ1n) is 18.4. The first kappa shape index (κ1) is 47.7. The van der Waals surface area contributed by atoms with Crippen LogP contribution < -0.4 is 9.75 Å². The molecule has 0 saturated heterocycles. The maximum atomic E-state index is 13.2. The standard InChI is InChI=1S/C39H36F12O8S2/c1-15-8-25-20(6-7-24(56-27(52)11-36(40,41)42)16(2)17(3)31(15)57-28(53)12-37(43,44)45)34-35(60-25)23-9-21-22(10-26(23)61-34)33(59-30(55)14-39(49,50)51)19(5)18(4)32(21)58-29(54)13-38(46,47)48/h6,8-10,16-19,24,31-33H,1,7,11-14H2,2-5H3/b20-6+,25-8+. The quantitative estimate of drug-likeness (QED) is 0.125. The lowest BCUT2D eigenvalue weighted by Crippen LogP contribution is -2.39. The van der Waals surface area contributed by atoms with Crippen molar-refractivity contribution in [2.75, 3.05) is 0 Å². The van der Waals surface area contributed by atoms with Crippen LogP contribution in [0.2, 0.25) is 0 Å². The summed E-state index contributed by atoms with van der Waals surface area (Å²) in [5.41, 5.74) is 0.0431. The molecule has 0 aliphatic heterocycles. The number of carbonyl (C=O) groups is 4. The van der Waals surface area contributed by atoms with Crippen LogP contribution in [0.25, 0.3) is 31.6 Å². The van der Waals surface area contributed by atoms with Crippen molar-refractivity contribution in [1.82, 2.24) is 0 Å². The molecule has 0 bridgehead atoms. The van der Waals surface area contributed by atoms with Crippen LogP contribution >= 0.6 is 22.7 Å². The highest BCUT2D eigenvalue weighted by Gasteiger charge is 2.45. The van der Waals surface area contributed by atoms with Gasteiger partial charge in [0.25, 0.3) is 0 Å². The molecule has 336 valence electrons. The van der Waals surface area contributed by atoms with Gasteiger partial charge >= 0.3 is 48.6 Å². The van der Waals surface area contributed by atoms with Gasteiger partial charge in [0, 0.05) is 55.1 Å². The van der Waals surface area contributed by atoms with E-state index in [2.05, 4.69) is 6.58 Å². The summed E-state index contributed by atoms with van der Waals surface area (Å²) in [6.07, 6.45) is -30.6. The molecule has 2 heterocycles. The van der Waals surface area contributed by atoms with Crippen LogP contribution in [0.4, 0.5) is 52.7 Å². The molecule has 8 nitrogen and oxygen atoms in total. The Balaban J connectivity index is 1.72. The largest absolute Gasteiger partial charge is 0.461 e. The van der Waals surface area contributed by atoms with Gasteiger partial charge in [-0.3, -0.25) is 19.2 Å². The summed E-state index contributed by atoms with van der Waals surface area (Å²) in [7, 11) is 0. The Bertz CT molecular complexity index is 2320. The summed E-state index contributed by atoms with van der Waals surface area (Å²) in [6, 6.07) is 2.88. The molecule has 3 aromatic rings. The van der Waals surface area contributed by atoms with E-state index in [1.165, 1.54) is 45.9 Å². The summed E-state index contributed by atoms with van der Waals surface area (Å²) >= 11 is 2.11. The van der Waals surface area contributed by atoms with E-state index in [4.69, 9.17) is 18.9 Å². The van der Waals surface area contributed by atoms with E-state index >= 15 is 0 Å². The summed E-state index contributed by atoms with van der Waals surface area (Å²) in [4.78, 5) is 50.0. The van der Waals surface area contributed by atoms with Crippen LogP contribution in [-0.4, -0.2) is 60.8 Å². The van der Waals surface area contributed by atoms with Crippen LogP contribution in [0.5, 0.6) is 0 Å². The maximum absolute atomic E-state index is 13.2. The van der Waals surface area contributed by atoms with Crippen LogP contribution in [0.1, 0.15) is 83.1 Å². The van der Waals surface area contributed by atoms with Gasteiger partial charge in [-0.25, -0.2) is 0 Å². The van der Waals surface area contributed by atoms with Gasteiger partial charge in [0.1, 0.15) is 50.1 Å². The second-order valence-corrected chi connectivity index (χ2v) is 17.2. The van der Waals surface area contributed by atoms with Gasteiger partial charge in [-0.05, 0) is 29.7 Å². The third-order valence-corrected chi connectivity index (χ3v) is 13.0. The predicted octanol–water partition coefficient (Wildman–Crippen LogP) is 10.00. The van der Waals surface area contributed by atoms with Gasteiger partial charge in [0.05, 0.1) is 9.40 Å². The number of fused-ring (bicyclic) bond motifs is 6. The van der Waals surface area contributed by atoms with E-state index in [0.717, 1.165) is 22.7 Å². The Kier molecular flexibility index (Phi) is 13.6. The number of alkyl halides is 12. The number of esters is 4. The second kappa shape index (κ2) is 17.4. The number of hydrogen-bond donors (Lipinski definition) is 0. The molecule has 8 atom stereocenters. The highest BCUT2D eigenvalue weighted by Crippen LogP contribution is 2.51. The van der Waals surface area contributed by atoms with E-state index in [1.54, 1.807) is 6.08 Å². The van der Waals surface area contributed by atoms with Gasteiger partial charge in [0.15, 0.2) is 0 Å². The summed E-state index contributed by atoms with van der Waals surface area (Å²) in [5.74, 6) is -10.4. The third kappa shape index (κ3) is 11.8.